The van der Waals surface area contributed by atoms with Gasteiger partial charge in [0.1, 0.15) is 11.8 Å². The van der Waals surface area contributed by atoms with Crippen molar-refractivity contribution in [3.63, 3.8) is 0 Å². The Morgan fingerprint density at radius 2 is 1.79 bits per heavy atom. The number of hydrogen-bond acceptors (Lipinski definition) is 7. The van der Waals surface area contributed by atoms with Crippen molar-refractivity contribution in [2.45, 2.75) is 20.4 Å². The molecule has 0 saturated carbocycles. The number of anilines is 1. The average molecular weight is 382 g/mol. The Labute approximate surface area is 167 Å². The quantitative estimate of drug-likeness (QED) is 0.576. The number of nitriles is 1. The Balaban J connectivity index is 1.70. The second-order valence-corrected chi connectivity index (χ2v) is 6.68. The lowest BCUT2D eigenvalue weighted by Gasteiger charge is -2.08. The number of aryl methyl sites for hydroxylation is 2. The molecular formula is C21H18N8. The van der Waals surface area contributed by atoms with Gasteiger partial charge in [0.15, 0.2) is 0 Å². The number of rotatable bonds is 4. The molecule has 1 aromatic carbocycles. The predicted octanol–water partition coefficient (Wildman–Crippen LogP) is 2.92. The lowest BCUT2D eigenvalue weighted by Crippen LogP contribution is -2.03. The van der Waals surface area contributed by atoms with Crippen molar-refractivity contribution in [2.24, 2.45) is 0 Å². The first-order valence-electron chi connectivity index (χ1n) is 9.01. The van der Waals surface area contributed by atoms with Crippen molar-refractivity contribution >= 4 is 5.95 Å². The average Bonchev–Trinajstić information content (AvgIpc) is 3.16. The summed E-state index contributed by atoms with van der Waals surface area (Å²) in [7, 11) is 0. The standard InChI is InChI=1S/C21H18N8/c1-13-5-3-8-16(17(13)10-22)18-9-19(26-21(23)25-18)20-12-29(28-27-20)11-15-7-4-6-14(2)24-15/h3-9,12H,11H2,1-2H3,(H2,23,25,26). The van der Waals surface area contributed by atoms with Crippen molar-refractivity contribution in [1.82, 2.24) is 29.9 Å². The van der Waals surface area contributed by atoms with Crippen molar-refractivity contribution in [1.29, 1.82) is 5.26 Å². The summed E-state index contributed by atoms with van der Waals surface area (Å²) >= 11 is 0. The third-order valence-electron chi connectivity index (χ3n) is 4.48. The van der Waals surface area contributed by atoms with E-state index >= 15 is 0 Å². The number of nitrogens with two attached hydrogens (primary N) is 1. The zero-order chi connectivity index (χ0) is 20.4. The minimum atomic E-state index is 0.109. The molecule has 0 aliphatic heterocycles. The summed E-state index contributed by atoms with van der Waals surface area (Å²) in [5.74, 6) is 0.109. The molecule has 29 heavy (non-hydrogen) atoms. The summed E-state index contributed by atoms with van der Waals surface area (Å²) in [5, 5.41) is 17.9. The van der Waals surface area contributed by atoms with E-state index in [1.807, 2.05) is 50.2 Å². The van der Waals surface area contributed by atoms with Gasteiger partial charge in [-0.15, -0.1) is 5.10 Å². The minimum Gasteiger partial charge on any atom is -0.368 e. The highest BCUT2D eigenvalue weighted by Crippen LogP contribution is 2.27. The van der Waals surface area contributed by atoms with Gasteiger partial charge >= 0.3 is 0 Å². The van der Waals surface area contributed by atoms with Crippen LogP contribution in [0.1, 0.15) is 22.5 Å². The van der Waals surface area contributed by atoms with Gasteiger partial charge < -0.3 is 5.73 Å². The van der Waals surface area contributed by atoms with E-state index in [0.29, 0.717) is 34.8 Å². The first-order valence-corrected chi connectivity index (χ1v) is 9.01. The third-order valence-corrected chi connectivity index (χ3v) is 4.48. The second-order valence-electron chi connectivity index (χ2n) is 6.68. The Morgan fingerprint density at radius 3 is 2.59 bits per heavy atom. The van der Waals surface area contributed by atoms with E-state index in [0.717, 1.165) is 17.0 Å². The molecule has 0 unspecified atom stereocenters. The maximum atomic E-state index is 9.52. The van der Waals surface area contributed by atoms with Gasteiger partial charge in [-0.25, -0.2) is 14.6 Å². The summed E-state index contributed by atoms with van der Waals surface area (Å²) in [4.78, 5) is 13.1. The molecule has 8 heteroatoms. The molecule has 0 atom stereocenters. The van der Waals surface area contributed by atoms with E-state index in [2.05, 4.69) is 31.3 Å². The van der Waals surface area contributed by atoms with Gasteiger partial charge in [0.2, 0.25) is 5.95 Å². The number of pyridine rings is 1. The van der Waals surface area contributed by atoms with Crippen LogP contribution >= 0.6 is 0 Å². The van der Waals surface area contributed by atoms with Crippen LogP contribution in [-0.2, 0) is 6.54 Å². The molecule has 142 valence electrons. The van der Waals surface area contributed by atoms with Crippen molar-refractivity contribution < 1.29 is 0 Å². The fourth-order valence-corrected chi connectivity index (χ4v) is 3.11. The second kappa shape index (κ2) is 7.48. The van der Waals surface area contributed by atoms with Crippen LogP contribution in [0.5, 0.6) is 0 Å². The van der Waals surface area contributed by atoms with E-state index in [4.69, 9.17) is 5.73 Å². The molecule has 3 heterocycles. The Bertz CT molecular complexity index is 1240. The summed E-state index contributed by atoms with van der Waals surface area (Å²) in [6, 6.07) is 15.5. The van der Waals surface area contributed by atoms with Gasteiger partial charge in [0, 0.05) is 11.3 Å². The van der Waals surface area contributed by atoms with Crippen molar-refractivity contribution in [3.05, 3.63) is 71.2 Å². The number of nitrogens with zero attached hydrogens (tertiary/aromatic N) is 7. The molecule has 0 saturated heterocycles. The number of nitrogen functional groups attached to an aromatic ring is 1. The highest BCUT2D eigenvalue weighted by atomic mass is 15.4. The van der Waals surface area contributed by atoms with Gasteiger partial charge in [-0.1, -0.05) is 29.5 Å². The van der Waals surface area contributed by atoms with Crippen LogP contribution in [0.2, 0.25) is 0 Å². The van der Waals surface area contributed by atoms with E-state index in [1.165, 1.54) is 0 Å². The third kappa shape index (κ3) is 3.80. The lowest BCUT2D eigenvalue weighted by atomic mass is 10.00. The molecule has 0 fully saturated rings. The number of aromatic nitrogens is 6. The molecule has 0 aliphatic rings. The molecule has 4 rings (SSSR count). The highest BCUT2D eigenvalue weighted by molar-refractivity contribution is 5.73. The SMILES string of the molecule is Cc1cccc(Cn2cc(-c3cc(-c4cccc(C)c4C#N)nc(N)n3)nn2)n1. The zero-order valence-corrected chi connectivity index (χ0v) is 16.0. The predicted molar refractivity (Wildman–Crippen MR) is 108 cm³/mol. The Kier molecular flexibility index (Phi) is 4.71. The molecular weight excluding hydrogens is 364 g/mol. The monoisotopic (exact) mass is 382 g/mol. The zero-order valence-electron chi connectivity index (χ0n) is 16.0. The minimum absolute atomic E-state index is 0.109. The first kappa shape index (κ1) is 18.3. The van der Waals surface area contributed by atoms with Crippen molar-refractivity contribution in [3.8, 4) is 28.7 Å². The van der Waals surface area contributed by atoms with E-state index in [-0.39, 0.29) is 5.95 Å². The maximum absolute atomic E-state index is 9.52. The molecule has 0 amide bonds. The van der Waals surface area contributed by atoms with Crippen LogP contribution in [0.4, 0.5) is 5.95 Å². The summed E-state index contributed by atoms with van der Waals surface area (Å²) in [6.45, 7) is 4.33. The molecule has 0 bridgehead atoms. The maximum Gasteiger partial charge on any atom is 0.221 e. The molecule has 0 aliphatic carbocycles. The van der Waals surface area contributed by atoms with Crippen LogP contribution in [0.3, 0.4) is 0 Å². The van der Waals surface area contributed by atoms with Gasteiger partial charge in [0.25, 0.3) is 0 Å². The van der Waals surface area contributed by atoms with Gasteiger partial charge in [0.05, 0.1) is 35.4 Å². The number of hydrogen-bond donors (Lipinski definition) is 1. The Morgan fingerprint density at radius 1 is 1.00 bits per heavy atom. The Hall–Kier alpha value is -4.12. The van der Waals surface area contributed by atoms with Gasteiger partial charge in [-0.3, -0.25) is 4.98 Å². The molecule has 2 N–H and O–H groups in total. The van der Waals surface area contributed by atoms with Crippen molar-refractivity contribution in [2.75, 3.05) is 5.73 Å². The van der Waals surface area contributed by atoms with E-state index < -0.39 is 0 Å². The fraction of sp³-hybridized carbons (Fsp3) is 0.143. The summed E-state index contributed by atoms with van der Waals surface area (Å²) < 4.78 is 1.70. The first-order chi connectivity index (χ1) is 14.0. The lowest BCUT2D eigenvalue weighted by molar-refractivity contribution is 0.637. The largest absolute Gasteiger partial charge is 0.368 e. The smallest absolute Gasteiger partial charge is 0.221 e. The highest BCUT2D eigenvalue weighted by Gasteiger charge is 2.14. The molecule has 0 spiro atoms. The molecule has 4 aromatic rings. The van der Waals surface area contributed by atoms with Crippen LogP contribution in [0.25, 0.3) is 22.6 Å². The van der Waals surface area contributed by atoms with Crippen LogP contribution in [-0.4, -0.2) is 29.9 Å². The van der Waals surface area contributed by atoms with Crippen LogP contribution in [0, 0.1) is 25.2 Å². The molecule has 8 nitrogen and oxygen atoms in total. The van der Waals surface area contributed by atoms with Gasteiger partial charge in [-0.05, 0) is 37.6 Å². The van der Waals surface area contributed by atoms with Gasteiger partial charge in [-0.2, -0.15) is 5.26 Å². The van der Waals surface area contributed by atoms with E-state index in [9.17, 15) is 5.26 Å². The van der Waals surface area contributed by atoms with Crippen LogP contribution in [0.15, 0.2) is 48.7 Å². The number of benzene rings is 1. The topological polar surface area (TPSA) is 119 Å². The van der Waals surface area contributed by atoms with E-state index in [1.54, 1.807) is 16.9 Å². The van der Waals surface area contributed by atoms with Crippen LogP contribution < -0.4 is 5.73 Å². The summed E-state index contributed by atoms with van der Waals surface area (Å²) in [5.41, 5.74) is 11.6. The normalized spacial score (nSPS) is 10.7. The summed E-state index contributed by atoms with van der Waals surface area (Å²) in [6.07, 6.45) is 1.79. The molecule has 0 radical (unpaired) electrons. The fourth-order valence-electron chi connectivity index (χ4n) is 3.11. The molecule has 3 aromatic heterocycles.